The van der Waals surface area contributed by atoms with E-state index in [9.17, 15) is 18.0 Å². The summed E-state index contributed by atoms with van der Waals surface area (Å²) in [6.07, 6.45) is -2.74. The van der Waals surface area contributed by atoms with Crippen LogP contribution in [-0.4, -0.2) is 22.9 Å². The van der Waals surface area contributed by atoms with Crippen molar-refractivity contribution < 1.29 is 18.0 Å². The molecule has 4 aromatic rings. The Hall–Kier alpha value is -4.20. The zero-order valence-electron chi connectivity index (χ0n) is 19.2. The predicted octanol–water partition coefficient (Wildman–Crippen LogP) is 6.36. The molecule has 0 aliphatic rings. The van der Waals surface area contributed by atoms with E-state index < -0.39 is 11.7 Å². The highest BCUT2D eigenvalue weighted by atomic mass is 19.4. The predicted molar refractivity (Wildman–Crippen MR) is 130 cm³/mol. The third-order valence-electron chi connectivity index (χ3n) is 5.43. The third-order valence-corrected chi connectivity index (χ3v) is 5.43. The van der Waals surface area contributed by atoms with Crippen molar-refractivity contribution in [3.63, 3.8) is 0 Å². The molecule has 1 heterocycles. The Morgan fingerprint density at radius 3 is 2.37 bits per heavy atom. The Labute approximate surface area is 201 Å². The van der Waals surface area contributed by atoms with Crippen LogP contribution in [0, 0.1) is 6.92 Å². The lowest BCUT2D eigenvalue weighted by Crippen LogP contribution is -2.18. The molecule has 3 aromatic carbocycles. The first-order valence-electron chi connectivity index (χ1n) is 10.9. The lowest BCUT2D eigenvalue weighted by Gasteiger charge is -2.19. The summed E-state index contributed by atoms with van der Waals surface area (Å²) in [4.78, 5) is 23.3. The average Bonchev–Trinajstić information content (AvgIpc) is 2.84. The van der Waals surface area contributed by atoms with Crippen molar-refractivity contribution in [3.05, 3.63) is 107 Å². The van der Waals surface area contributed by atoms with Gasteiger partial charge in [-0.2, -0.15) is 13.2 Å². The first-order valence-corrected chi connectivity index (χ1v) is 10.9. The van der Waals surface area contributed by atoms with E-state index in [2.05, 4.69) is 15.3 Å². The third kappa shape index (κ3) is 6.03. The van der Waals surface area contributed by atoms with Crippen molar-refractivity contribution in [2.24, 2.45) is 0 Å². The van der Waals surface area contributed by atoms with Gasteiger partial charge >= 0.3 is 6.18 Å². The smallest absolute Gasteiger partial charge is 0.355 e. The maximum atomic E-state index is 12.8. The lowest BCUT2D eigenvalue weighted by molar-refractivity contribution is -0.137. The van der Waals surface area contributed by atoms with E-state index in [1.54, 1.807) is 36.5 Å². The van der Waals surface area contributed by atoms with Gasteiger partial charge in [-0.15, -0.1) is 0 Å². The molecule has 1 N–H and O–H groups in total. The number of halogens is 3. The van der Waals surface area contributed by atoms with Crippen molar-refractivity contribution >= 4 is 17.4 Å². The molecular weight excluding hydrogens is 453 g/mol. The van der Waals surface area contributed by atoms with E-state index in [0.717, 1.165) is 28.8 Å². The molecule has 178 valence electrons. The highest BCUT2D eigenvalue weighted by Crippen LogP contribution is 2.29. The van der Waals surface area contributed by atoms with Crippen LogP contribution in [0.15, 0.2) is 85.1 Å². The molecule has 0 unspecified atom stereocenters. The van der Waals surface area contributed by atoms with E-state index in [4.69, 9.17) is 0 Å². The summed E-state index contributed by atoms with van der Waals surface area (Å²) in [5.74, 6) is 0.866. The first kappa shape index (κ1) is 23.9. The molecule has 1 aromatic heterocycles. The minimum absolute atomic E-state index is 0.215. The van der Waals surface area contributed by atoms with E-state index in [-0.39, 0.29) is 5.91 Å². The number of amides is 1. The molecule has 5 nitrogen and oxygen atoms in total. The summed E-state index contributed by atoms with van der Waals surface area (Å²) in [5.41, 5.74) is 3.01. The summed E-state index contributed by atoms with van der Waals surface area (Å²) in [5, 5.41) is 2.89. The van der Waals surface area contributed by atoms with Gasteiger partial charge in [0.05, 0.1) is 5.56 Å². The summed E-state index contributed by atoms with van der Waals surface area (Å²) < 4.78 is 38.4. The van der Waals surface area contributed by atoms with Crippen LogP contribution in [0.4, 0.5) is 24.7 Å². The fourth-order valence-corrected chi connectivity index (χ4v) is 3.50. The van der Waals surface area contributed by atoms with E-state index in [1.165, 1.54) is 12.1 Å². The fraction of sp³-hybridized carbons (Fsp3) is 0.148. The van der Waals surface area contributed by atoms with Crippen molar-refractivity contribution in [1.82, 2.24) is 9.97 Å². The van der Waals surface area contributed by atoms with Crippen molar-refractivity contribution in [2.75, 3.05) is 17.3 Å². The molecule has 0 aliphatic heterocycles. The molecule has 0 atom stereocenters. The SMILES string of the molecule is Cc1ccc(C(=O)Nc2cccc(-c3nccc(N(C)Cc4ccc(C(F)(F)F)cc4)n3)c2)cc1. The minimum Gasteiger partial charge on any atom is -0.355 e. The van der Waals surface area contributed by atoms with Crippen LogP contribution in [0.25, 0.3) is 11.4 Å². The number of nitrogens with one attached hydrogen (secondary N) is 1. The Morgan fingerprint density at radius 1 is 0.971 bits per heavy atom. The van der Waals surface area contributed by atoms with Gasteiger partial charge < -0.3 is 10.2 Å². The molecule has 35 heavy (non-hydrogen) atoms. The van der Waals surface area contributed by atoms with Crippen molar-refractivity contribution in [1.29, 1.82) is 0 Å². The Balaban J connectivity index is 1.48. The van der Waals surface area contributed by atoms with Crippen LogP contribution >= 0.6 is 0 Å². The molecule has 0 saturated heterocycles. The first-order chi connectivity index (χ1) is 16.7. The fourth-order valence-electron chi connectivity index (χ4n) is 3.50. The number of aromatic nitrogens is 2. The molecular formula is C27H23F3N4O. The van der Waals surface area contributed by atoms with E-state index in [1.807, 2.05) is 43.1 Å². The molecule has 0 fully saturated rings. The van der Waals surface area contributed by atoms with Crippen LogP contribution in [-0.2, 0) is 12.7 Å². The molecule has 8 heteroatoms. The zero-order chi connectivity index (χ0) is 25.0. The van der Waals surface area contributed by atoms with Crippen LogP contribution in [0.1, 0.15) is 27.0 Å². The highest BCUT2D eigenvalue weighted by Gasteiger charge is 2.29. The second-order valence-corrected chi connectivity index (χ2v) is 8.19. The van der Waals surface area contributed by atoms with Gasteiger partial charge in [0.2, 0.25) is 0 Å². The lowest BCUT2D eigenvalue weighted by atomic mass is 10.1. The second-order valence-electron chi connectivity index (χ2n) is 8.19. The number of hydrogen-bond acceptors (Lipinski definition) is 4. The van der Waals surface area contributed by atoms with Gasteiger partial charge in [0.15, 0.2) is 5.82 Å². The van der Waals surface area contributed by atoms with Gasteiger partial charge in [0, 0.05) is 36.6 Å². The molecule has 0 spiro atoms. The molecule has 1 amide bonds. The van der Waals surface area contributed by atoms with Crippen LogP contribution in [0.5, 0.6) is 0 Å². The molecule has 0 bridgehead atoms. The van der Waals surface area contributed by atoms with Gasteiger partial charge in [-0.1, -0.05) is 42.0 Å². The molecule has 0 saturated carbocycles. The highest BCUT2D eigenvalue weighted by molar-refractivity contribution is 6.04. The number of benzene rings is 3. The number of hydrogen-bond donors (Lipinski definition) is 1. The summed E-state index contributed by atoms with van der Waals surface area (Å²) in [6, 6.07) is 21.3. The Bertz CT molecular complexity index is 1320. The van der Waals surface area contributed by atoms with E-state index in [0.29, 0.717) is 29.4 Å². The molecule has 4 rings (SSSR count). The van der Waals surface area contributed by atoms with E-state index >= 15 is 0 Å². The number of alkyl halides is 3. The van der Waals surface area contributed by atoms with Gasteiger partial charge in [0.25, 0.3) is 5.91 Å². The molecule has 0 radical (unpaired) electrons. The quantitative estimate of drug-likeness (QED) is 0.352. The summed E-state index contributed by atoms with van der Waals surface area (Å²) >= 11 is 0. The topological polar surface area (TPSA) is 58.1 Å². The maximum Gasteiger partial charge on any atom is 0.416 e. The van der Waals surface area contributed by atoms with Gasteiger partial charge in [-0.05, 0) is 55.0 Å². The van der Waals surface area contributed by atoms with Crippen LogP contribution in [0.3, 0.4) is 0 Å². The normalized spacial score (nSPS) is 11.2. The number of rotatable bonds is 6. The number of nitrogens with zero attached hydrogens (tertiary/aromatic N) is 3. The molecule has 0 aliphatic carbocycles. The average molecular weight is 477 g/mol. The number of carbonyl (C=O) groups excluding carboxylic acids is 1. The minimum atomic E-state index is -4.36. The summed E-state index contributed by atoms with van der Waals surface area (Å²) in [6.45, 7) is 2.33. The van der Waals surface area contributed by atoms with Gasteiger partial charge in [0.1, 0.15) is 5.82 Å². The Morgan fingerprint density at radius 2 is 1.69 bits per heavy atom. The summed E-state index contributed by atoms with van der Waals surface area (Å²) in [7, 11) is 1.81. The number of aryl methyl sites for hydroxylation is 1. The van der Waals surface area contributed by atoms with Crippen LogP contribution < -0.4 is 10.2 Å². The van der Waals surface area contributed by atoms with Gasteiger partial charge in [-0.3, -0.25) is 4.79 Å². The largest absolute Gasteiger partial charge is 0.416 e. The maximum absolute atomic E-state index is 12.8. The zero-order valence-corrected chi connectivity index (χ0v) is 19.2. The Kier molecular flexibility index (Phi) is 6.82. The number of anilines is 2. The second kappa shape index (κ2) is 9.97. The van der Waals surface area contributed by atoms with Crippen molar-refractivity contribution in [2.45, 2.75) is 19.6 Å². The monoisotopic (exact) mass is 476 g/mol. The van der Waals surface area contributed by atoms with Gasteiger partial charge in [-0.25, -0.2) is 9.97 Å². The number of carbonyl (C=O) groups is 1. The standard InChI is InChI=1S/C27H23F3N4O/c1-18-6-10-20(11-7-18)26(35)32-23-5-3-4-21(16-23)25-31-15-14-24(33-25)34(2)17-19-8-12-22(13-9-19)27(28,29)30/h3-16H,17H2,1-2H3,(H,32,35). The van der Waals surface area contributed by atoms with Crippen molar-refractivity contribution in [3.8, 4) is 11.4 Å². The van der Waals surface area contributed by atoms with Crippen LogP contribution in [0.2, 0.25) is 0 Å².